The standard InChI is InChI=1S/C12H22N2O.ClH/c13-9-12(6-1-2-7-12)14-11(15)8-10-4-3-5-10;/h10H,1-9,13H2,(H,14,15);1H. The van der Waals surface area contributed by atoms with E-state index in [0.717, 1.165) is 19.3 Å². The minimum atomic E-state index is -0.0547. The summed E-state index contributed by atoms with van der Waals surface area (Å²) in [6, 6.07) is 0. The third-order valence-corrected chi connectivity index (χ3v) is 4.05. The number of carbonyl (C=O) groups excluding carboxylic acids is 1. The molecule has 2 aliphatic carbocycles. The highest BCUT2D eigenvalue weighted by Gasteiger charge is 2.34. The minimum Gasteiger partial charge on any atom is -0.349 e. The van der Waals surface area contributed by atoms with Crippen LogP contribution in [0.5, 0.6) is 0 Å². The summed E-state index contributed by atoms with van der Waals surface area (Å²) in [5, 5.41) is 3.18. The molecule has 4 heteroatoms. The summed E-state index contributed by atoms with van der Waals surface area (Å²) in [4.78, 5) is 11.8. The first-order valence-corrected chi connectivity index (χ1v) is 6.25. The molecule has 0 aliphatic heterocycles. The number of halogens is 1. The summed E-state index contributed by atoms with van der Waals surface area (Å²) in [6.45, 7) is 0.601. The van der Waals surface area contributed by atoms with Gasteiger partial charge in [0, 0.05) is 13.0 Å². The van der Waals surface area contributed by atoms with E-state index in [9.17, 15) is 4.79 Å². The largest absolute Gasteiger partial charge is 0.349 e. The molecule has 0 aromatic rings. The first kappa shape index (κ1) is 13.8. The molecule has 0 heterocycles. The average Bonchev–Trinajstić information content (AvgIpc) is 2.61. The highest BCUT2D eigenvalue weighted by Crippen LogP contribution is 2.31. The minimum absolute atomic E-state index is 0. The monoisotopic (exact) mass is 246 g/mol. The van der Waals surface area contributed by atoms with Crippen LogP contribution in [0.1, 0.15) is 51.4 Å². The van der Waals surface area contributed by atoms with Gasteiger partial charge < -0.3 is 11.1 Å². The molecule has 0 unspecified atom stereocenters. The number of carbonyl (C=O) groups is 1. The van der Waals surface area contributed by atoms with E-state index in [0.29, 0.717) is 12.5 Å². The Morgan fingerprint density at radius 3 is 2.31 bits per heavy atom. The van der Waals surface area contributed by atoms with Gasteiger partial charge in [-0.25, -0.2) is 0 Å². The SMILES string of the molecule is Cl.NCC1(NC(=O)CC2CCC2)CCCC1. The van der Waals surface area contributed by atoms with Crippen LogP contribution in [0.4, 0.5) is 0 Å². The molecule has 2 aliphatic rings. The van der Waals surface area contributed by atoms with Crippen molar-refractivity contribution in [3.05, 3.63) is 0 Å². The highest BCUT2D eigenvalue weighted by molar-refractivity contribution is 5.85. The zero-order chi connectivity index (χ0) is 10.7. The lowest BCUT2D eigenvalue weighted by molar-refractivity contribution is -0.124. The van der Waals surface area contributed by atoms with Crippen molar-refractivity contribution in [2.45, 2.75) is 56.9 Å². The third-order valence-electron chi connectivity index (χ3n) is 4.05. The van der Waals surface area contributed by atoms with Gasteiger partial charge in [-0.1, -0.05) is 19.3 Å². The van der Waals surface area contributed by atoms with Gasteiger partial charge in [0.15, 0.2) is 0 Å². The fraction of sp³-hybridized carbons (Fsp3) is 0.917. The van der Waals surface area contributed by atoms with Gasteiger partial charge >= 0.3 is 0 Å². The Morgan fingerprint density at radius 2 is 1.88 bits per heavy atom. The molecule has 3 N–H and O–H groups in total. The van der Waals surface area contributed by atoms with Crippen molar-refractivity contribution in [1.82, 2.24) is 5.32 Å². The molecule has 1 amide bonds. The van der Waals surface area contributed by atoms with Crippen molar-refractivity contribution >= 4 is 18.3 Å². The van der Waals surface area contributed by atoms with Crippen LogP contribution < -0.4 is 11.1 Å². The van der Waals surface area contributed by atoms with Crippen molar-refractivity contribution in [3.8, 4) is 0 Å². The Kier molecular flexibility index (Phi) is 5.06. The third kappa shape index (κ3) is 3.11. The van der Waals surface area contributed by atoms with E-state index in [1.54, 1.807) is 0 Å². The molecule has 2 rings (SSSR count). The maximum absolute atomic E-state index is 11.8. The van der Waals surface area contributed by atoms with Crippen LogP contribution in [0.15, 0.2) is 0 Å². The van der Waals surface area contributed by atoms with Gasteiger partial charge in [-0.05, 0) is 31.6 Å². The molecule has 0 spiro atoms. The molecule has 0 radical (unpaired) electrons. The lowest BCUT2D eigenvalue weighted by Crippen LogP contribution is -2.52. The van der Waals surface area contributed by atoms with E-state index in [1.807, 2.05) is 0 Å². The Hall–Kier alpha value is -0.280. The fourth-order valence-electron chi connectivity index (χ4n) is 2.74. The quantitative estimate of drug-likeness (QED) is 0.797. The lowest BCUT2D eigenvalue weighted by atomic mass is 9.82. The summed E-state index contributed by atoms with van der Waals surface area (Å²) in [7, 11) is 0. The average molecular weight is 247 g/mol. The van der Waals surface area contributed by atoms with E-state index in [2.05, 4.69) is 5.32 Å². The molecule has 0 aromatic heterocycles. The second-order valence-corrected chi connectivity index (χ2v) is 5.24. The normalized spacial score (nSPS) is 23.3. The molecule has 2 saturated carbocycles. The van der Waals surface area contributed by atoms with Crippen LogP contribution in [0, 0.1) is 5.92 Å². The number of nitrogens with one attached hydrogen (secondary N) is 1. The van der Waals surface area contributed by atoms with Crippen LogP contribution in [0.2, 0.25) is 0 Å². The number of hydrogen-bond acceptors (Lipinski definition) is 2. The van der Waals surface area contributed by atoms with Crippen molar-refractivity contribution < 1.29 is 4.79 Å². The van der Waals surface area contributed by atoms with Gasteiger partial charge in [0.05, 0.1) is 5.54 Å². The summed E-state index contributed by atoms with van der Waals surface area (Å²) in [5.41, 5.74) is 5.72. The van der Waals surface area contributed by atoms with Gasteiger partial charge in [-0.15, -0.1) is 12.4 Å². The van der Waals surface area contributed by atoms with Crippen LogP contribution in [0.3, 0.4) is 0 Å². The van der Waals surface area contributed by atoms with E-state index < -0.39 is 0 Å². The Labute approximate surface area is 104 Å². The number of amides is 1. The summed E-state index contributed by atoms with van der Waals surface area (Å²) in [5.74, 6) is 0.883. The molecule has 94 valence electrons. The second kappa shape index (κ2) is 5.87. The van der Waals surface area contributed by atoms with Crippen molar-refractivity contribution in [3.63, 3.8) is 0 Å². The fourth-order valence-corrected chi connectivity index (χ4v) is 2.74. The molecular weight excluding hydrogens is 224 g/mol. The Balaban J connectivity index is 0.00000128. The number of rotatable bonds is 4. The molecule has 0 aromatic carbocycles. The van der Waals surface area contributed by atoms with Crippen molar-refractivity contribution in [1.29, 1.82) is 0 Å². The second-order valence-electron chi connectivity index (χ2n) is 5.24. The van der Waals surface area contributed by atoms with E-state index in [1.165, 1.54) is 32.1 Å². The molecular formula is C12H23ClN2O. The zero-order valence-electron chi connectivity index (χ0n) is 9.84. The van der Waals surface area contributed by atoms with Crippen molar-refractivity contribution in [2.75, 3.05) is 6.54 Å². The van der Waals surface area contributed by atoms with Crippen LogP contribution in [-0.2, 0) is 4.79 Å². The van der Waals surface area contributed by atoms with Gasteiger partial charge in [-0.3, -0.25) is 4.79 Å². The van der Waals surface area contributed by atoms with Crippen LogP contribution >= 0.6 is 12.4 Å². The predicted octanol–water partition coefficient (Wildman–Crippen LogP) is 1.99. The predicted molar refractivity (Wildman–Crippen MR) is 67.6 cm³/mol. The lowest BCUT2D eigenvalue weighted by Gasteiger charge is -2.31. The summed E-state index contributed by atoms with van der Waals surface area (Å²) in [6.07, 6.45) is 9.06. The van der Waals surface area contributed by atoms with Crippen LogP contribution in [0.25, 0.3) is 0 Å². The van der Waals surface area contributed by atoms with Gasteiger partial charge in [0.2, 0.25) is 5.91 Å². The number of nitrogens with two attached hydrogens (primary N) is 1. The highest BCUT2D eigenvalue weighted by atomic mass is 35.5. The van der Waals surface area contributed by atoms with Gasteiger partial charge in [0.1, 0.15) is 0 Å². The van der Waals surface area contributed by atoms with E-state index in [4.69, 9.17) is 5.73 Å². The molecule has 2 fully saturated rings. The first-order valence-electron chi connectivity index (χ1n) is 6.25. The van der Waals surface area contributed by atoms with Gasteiger partial charge in [-0.2, -0.15) is 0 Å². The topological polar surface area (TPSA) is 55.1 Å². The van der Waals surface area contributed by atoms with Gasteiger partial charge in [0.25, 0.3) is 0 Å². The molecule has 16 heavy (non-hydrogen) atoms. The zero-order valence-corrected chi connectivity index (χ0v) is 10.7. The Morgan fingerprint density at radius 1 is 1.25 bits per heavy atom. The molecule has 0 saturated heterocycles. The molecule has 3 nitrogen and oxygen atoms in total. The molecule has 0 atom stereocenters. The summed E-state index contributed by atoms with van der Waals surface area (Å²) < 4.78 is 0. The van der Waals surface area contributed by atoms with E-state index >= 15 is 0 Å². The van der Waals surface area contributed by atoms with E-state index in [-0.39, 0.29) is 23.9 Å². The maximum atomic E-state index is 11.8. The van der Waals surface area contributed by atoms with Crippen LogP contribution in [-0.4, -0.2) is 18.0 Å². The number of hydrogen-bond donors (Lipinski definition) is 2. The molecule has 0 bridgehead atoms. The smallest absolute Gasteiger partial charge is 0.220 e. The summed E-state index contributed by atoms with van der Waals surface area (Å²) >= 11 is 0. The first-order chi connectivity index (χ1) is 7.24. The van der Waals surface area contributed by atoms with Crippen molar-refractivity contribution in [2.24, 2.45) is 11.7 Å². The maximum Gasteiger partial charge on any atom is 0.220 e. The Bertz CT molecular complexity index is 235.